The van der Waals surface area contributed by atoms with Crippen LogP contribution in [-0.4, -0.2) is 12.0 Å². The van der Waals surface area contributed by atoms with Crippen LogP contribution in [0.2, 0.25) is 0 Å². The van der Waals surface area contributed by atoms with E-state index in [1.165, 1.54) is 12.8 Å². The molecule has 0 spiro atoms. The Morgan fingerprint density at radius 1 is 1.57 bits per heavy atom. The van der Waals surface area contributed by atoms with Crippen molar-refractivity contribution in [1.82, 2.24) is 5.32 Å². The molecule has 2 nitrogen and oxygen atoms in total. The van der Waals surface area contributed by atoms with E-state index in [4.69, 9.17) is 4.74 Å². The second-order valence-electron chi connectivity index (χ2n) is 2.71. The van der Waals surface area contributed by atoms with Crippen molar-refractivity contribution in [1.29, 1.82) is 0 Å². The summed E-state index contributed by atoms with van der Waals surface area (Å²) in [5.74, 6) is 0.900. The third-order valence-electron chi connectivity index (χ3n) is 2.10. The minimum atomic E-state index is 0.278. The van der Waals surface area contributed by atoms with Gasteiger partial charge in [-0.05, 0) is 12.8 Å². The van der Waals surface area contributed by atoms with Gasteiger partial charge in [-0.3, -0.25) is 5.32 Å². The van der Waals surface area contributed by atoms with Gasteiger partial charge in [-0.25, -0.2) is 0 Å². The van der Waals surface area contributed by atoms with Crippen molar-refractivity contribution in [2.24, 2.45) is 5.92 Å². The summed E-state index contributed by atoms with van der Waals surface area (Å²) in [6, 6.07) is 0. The maximum atomic E-state index is 5.21. The smallest absolute Gasteiger partial charge is 0.166 e. The van der Waals surface area contributed by atoms with Crippen molar-refractivity contribution in [2.75, 3.05) is 0 Å². The monoisotopic (exact) mass is 97.1 g/mol. The Labute approximate surface area is 41.8 Å². The predicted octanol–water partition coefficient (Wildman–Crippen LogP) is 0.0522. The fourth-order valence-corrected chi connectivity index (χ4v) is 1.27. The molecule has 2 aliphatic heterocycles. The van der Waals surface area contributed by atoms with Crippen molar-refractivity contribution >= 4 is 0 Å². The Hall–Kier alpha value is -0.0800. The van der Waals surface area contributed by atoms with Gasteiger partial charge >= 0.3 is 0 Å². The summed E-state index contributed by atoms with van der Waals surface area (Å²) in [7, 11) is 0. The molecular weight excluding hydrogens is 90.1 g/mol. The second-order valence-corrected chi connectivity index (χ2v) is 2.71. The minimum Gasteiger partial charge on any atom is -0.333 e. The van der Waals surface area contributed by atoms with Crippen molar-refractivity contribution in [3.8, 4) is 0 Å². The van der Waals surface area contributed by atoms with E-state index in [1.807, 2.05) is 0 Å². The summed E-state index contributed by atoms with van der Waals surface area (Å²) in [5, 5.41) is 3.25. The molecule has 3 fully saturated rings. The summed E-state index contributed by atoms with van der Waals surface area (Å²) in [5.41, 5.74) is 0.278. The molecule has 3 rings (SSSR count). The quantitative estimate of drug-likeness (QED) is 0.469. The number of nitrogens with one attached hydrogen (secondary N) is 1. The molecule has 1 aliphatic carbocycles. The number of fused-ring (bicyclic) bond motifs is 1. The van der Waals surface area contributed by atoms with Crippen LogP contribution < -0.4 is 5.32 Å². The van der Waals surface area contributed by atoms with Gasteiger partial charge in [0.1, 0.15) is 0 Å². The van der Waals surface area contributed by atoms with E-state index >= 15 is 0 Å². The number of epoxide rings is 1. The number of ether oxygens (including phenoxy) is 1. The van der Waals surface area contributed by atoms with Crippen molar-refractivity contribution in [2.45, 2.75) is 24.8 Å². The van der Waals surface area contributed by atoms with E-state index in [9.17, 15) is 0 Å². The Morgan fingerprint density at radius 2 is 2.14 bits per heavy atom. The molecule has 2 unspecified atom stereocenters. The molecule has 0 aromatic rings. The van der Waals surface area contributed by atoms with E-state index in [2.05, 4.69) is 5.32 Å². The Balaban J connectivity index is 1.95. The van der Waals surface area contributed by atoms with Crippen LogP contribution in [0.25, 0.3) is 0 Å². The molecule has 0 radical (unpaired) electrons. The van der Waals surface area contributed by atoms with Crippen molar-refractivity contribution < 1.29 is 4.74 Å². The van der Waals surface area contributed by atoms with Gasteiger partial charge in [0.05, 0.1) is 0 Å². The average molecular weight is 97.1 g/mol. The highest BCUT2D eigenvalue weighted by Gasteiger charge is 2.79. The highest BCUT2D eigenvalue weighted by atomic mass is 16.7. The second kappa shape index (κ2) is 0.565. The third-order valence-corrected chi connectivity index (χ3v) is 2.10. The lowest BCUT2D eigenvalue weighted by Crippen LogP contribution is -2.12. The molecule has 2 heteroatoms. The summed E-state index contributed by atoms with van der Waals surface area (Å²) in [6.07, 6.45) is 3.28. The number of hydrogen-bond acceptors (Lipinski definition) is 2. The highest BCUT2D eigenvalue weighted by molar-refractivity contribution is 5.22. The molecule has 2 saturated heterocycles. The van der Waals surface area contributed by atoms with Crippen LogP contribution in [-0.2, 0) is 4.74 Å². The Kier molecular flexibility index (Phi) is 0.246. The molecule has 2 heterocycles. The number of hydrogen-bond donors (Lipinski definition) is 1. The van der Waals surface area contributed by atoms with Crippen LogP contribution in [0.5, 0.6) is 0 Å². The molecule has 0 amide bonds. The molecular formula is C5H7NO. The lowest BCUT2D eigenvalue weighted by Gasteiger charge is -1.93. The van der Waals surface area contributed by atoms with Crippen LogP contribution in [0, 0.1) is 5.92 Å². The van der Waals surface area contributed by atoms with Gasteiger partial charge < -0.3 is 4.74 Å². The fourth-order valence-electron chi connectivity index (χ4n) is 1.27. The molecule has 7 heavy (non-hydrogen) atoms. The standard InChI is InChI=1S/C5H7NO/c1-2-3(1)5-4(6-5)7-5/h3-4,6H,1-2H2. The van der Waals surface area contributed by atoms with Crippen LogP contribution in [0.1, 0.15) is 12.8 Å². The Bertz CT molecular complexity index is 124. The maximum absolute atomic E-state index is 5.21. The first kappa shape index (κ1) is 3.05. The molecule has 1 saturated carbocycles. The van der Waals surface area contributed by atoms with Crippen molar-refractivity contribution in [3.63, 3.8) is 0 Å². The normalized spacial score (nSPS) is 64.3. The molecule has 3 aliphatic rings. The predicted molar refractivity (Wildman–Crippen MR) is 23.5 cm³/mol. The summed E-state index contributed by atoms with van der Waals surface area (Å²) in [6.45, 7) is 0. The fraction of sp³-hybridized carbons (Fsp3) is 1.00. The lowest BCUT2D eigenvalue weighted by molar-refractivity contribution is 0.172. The van der Waals surface area contributed by atoms with E-state index in [1.54, 1.807) is 0 Å². The van der Waals surface area contributed by atoms with Crippen LogP contribution in [0.15, 0.2) is 0 Å². The van der Waals surface area contributed by atoms with Gasteiger partial charge in [0.25, 0.3) is 0 Å². The zero-order chi connectivity index (χ0) is 4.48. The minimum absolute atomic E-state index is 0.278. The SMILES string of the molecule is C1CC1C12NC1O2. The molecule has 2 atom stereocenters. The third kappa shape index (κ3) is 0.208. The number of rotatable bonds is 1. The van der Waals surface area contributed by atoms with Gasteiger partial charge in [-0.2, -0.15) is 0 Å². The van der Waals surface area contributed by atoms with Gasteiger partial charge in [0.15, 0.2) is 12.0 Å². The maximum Gasteiger partial charge on any atom is 0.166 e. The average Bonchev–Trinajstić information content (AvgIpc) is 2.20. The first-order valence-electron chi connectivity index (χ1n) is 2.87. The molecule has 38 valence electrons. The lowest BCUT2D eigenvalue weighted by atomic mass is 10.3. The summed E-state index contributed by atoms with van der Waals surface area (Å²) >= 11 is 0. The first-order chi connectivity index (χ1) is 3.42. The molecule has 0 aromatic heterocycles. The van der Waals surface area contributed by atoms with Gasteiger partial charge in [-0.15, -0.1) is 0 Å². The van der Waals surface area contributed by atoms with E-state index in [0.29, 0.717) is 6.23 Å². The van der Waals surface area contributed by atoms with Crippen LogP contribution in [0.4, 0.5) is 0 Å². The van der Waals surface area contributed by atoms with E-state index in [0.717, 1.165) is 5.92 Å². The molecule has 1 N–H and O–H groups in total. The molecule has 0 bridgehead atoms. The highest BCUT2D eigenvalue weighted by Crippen LogP contribution is 2.61. The zero-order valence-corrected chi connectivity index (χ0v) is 3.98. The van der Waals surface area contributed by atoms with Gasteiger partial charge in [-0.1, -0.05) is 0 Å². The topological polar surface area (TPSA) is 34.5 Å². The Morgan fingerprint density at radius 3 is 2.29 bits per heavy atom. The van der Waals surface area contributed by atoms with Crippen molar-refractivity contribution in [3.05, 3.63) is 0 Å². The first-order valence-corrected chi connectivity index (χ1v) is 2.87. The van der Waals surface area contributed by atoms with Crippen LogP contribution in [0.3, 0.4) is 0 Å². The molecule has 0 aromatic carbocycles. The van der Waals surface area contributed by atoms with E-state index in [-0.39, 0.29) is 5.72 Å². The summed E-state index contributed by atoms with van der Waals surface area (Å²) < 4.78 is 5.21. The van der Waals surface area contributed by atoms with Crippen LogP contribution >= 0.6 is 0 Å². The largest absolute Gasteiger partial charge is 0.333 e. The van der Waals surface area contributed by atoms with E-state index < -0.39 is 0 Å². The summed E-state index contributed by atoms with van der Waals surface area (Å²) in [4.78, 5) is 0. The zero-order valence-electron chi connectivity index (χ0n) is 3.98. The van der Waals surface area contributed by atoms with Gasteiger partial charge in [0, 0.05) is 5.92 Å². The van der Waals surface area contributed by atoms with Gasteiger partial charge in [0.2, 0.25) is 0 Å².